The van der Waals surface area contributed by atoms with Gasteiger partial charge >= 0.3 is 0 Å². The SMILES string of the molecule is C#CCCNc1nccc(OC(C)C)n1. The van der Waals surface area contributed by atoms with E-state index in [2.05, 4.69) is 21.2 Å². The molecule has 0 aliphatic heterocycles. The number of hydrogen-bond acceptors (Lipinski definition) is 4. The van der Waals surface area contributed by atoms with Crippen LogP contribution in [0.2, 0.25) is 0 Å². The van der Waals surface area contributed by atoms with E-state index in [0.717, 1.165) is 0 Å². The van der Waals surface area contributed by atoms with Crippen LogP contribution < -0.4 is 10.1 Å². The van der Waals surface area contributed by atoms with Crippen LogP contribution in [0.4, 0.5) is 5.95 Å². The average molecular weight is 205 g/mol. The van der Waals surface area contributed by atoms with Crippen molar-refractivity contribution in [3.63, 3.8) is 0 Å². The van der Waals surface area contributed by atoms with Crippen LogP contribution >= 0.6 is 0 Å². The lowest BCUT2D eigenvalue weighted by Gasteiger charge is -2.09. The molecule has 0 saturated carbocycles. The van der Waals surface area contributed by atoms with Crippen molar-refractivity contribution in [3.05, 3.63) is 12.3 Å². The van der Waals surface area contributed by atoms with Gasteiger partial charge in [0.15, 0.2) is 0 Å². The van der Waals surface area contributed by atoms with Gasteiger partial charge in [-0.05, 0) is 13.8 Å². The topological polar surface area (TPSA) is 47.0 Å². The Morgan fingerprint density at radius 3 is 3.07 bits per heavy atom. The fourth-order valence-electron chi connectivity index (χ4n) is 0.981. The lowest BCUT2D eigenvalue weighted by molar-refractivity contribution is 0.232. The molecule has 0 unspecified atom stereocenters. The zero-order valence-electron chi connectivity index (χ0n) is 9.03. The molecule has 0 amide bonds. The molecule has 1 rings (SSSR count). The predicted octanol–water partition coefficient (Wildman–Crippen LogP) is 1.70. The Morgan fingerprint density at radius 1 is 1.60 bits per heavy atom. The maximum atomic E-state index is 5.43. The van der Waals surface area contributed by atoms with Gasteiger partial charge < -0.3 is 10.1 Å². The van der Waals surface area contributed by atoms with E-state index < -0.39 is 0 Å². The van der Waals surface area contributed by atoms with Gasteiger partial charge in [-0.2, -0.15) is 4.98 Å². The standard InChI is InChI=1S/C11H15N3O/c1-4-5-7-12-11-13-8-6-10(14-11)15-9(2)3/h1,6,8-9H,5,7H2,2-3H3,(H,12,13,14). The molecule has 1 heterocycles. The third-order valence-corrected chi connectivity index (χ3v) is 1.54. The monoisotopic (exact) mass is 205 g/mol. The van der Waals surface area contributed by atoms with Gasteiger partial charge in [0.2, 0.25) is 11.8 Å². The van der Waals surface area contributed by atoms with Gasteiger partial charge in [0.05, 0.1) is 6.10 Å². The molecule has 0 saturated heterocycles. The van der Waals surface area contributed by atoms with Crippen LogP contribution in [0.15, 0.2) is 12.3 Å². The van der Waals surface area contributed by atoms with Crippen molar-refractivity contribution in [2.75, 3.05) is 11.9 Å². The van der Waals surface area contributed by atoms with Gasteiger partial charge in [-0.25, -0.2) is 4.98 Å². The Labute approximate surface area is 90.1 Å². The van der Waals surface area contributed by atoms with E-state index >= 15 is 0 Å². The average Bonchev–Trinajstić information content (AvgIpc) is 2.18. The van der Waals surface area contributed by atoms with Gasteiger partial charge in [0.25, 0.3) is 0 Å². The van der Waals surface area contributed by atoms with E-state index in [0.29, 0.717) is 24.8 Å². The normalized spacial score (nSPS) is 9.73. The highest BCUT2D eigenvalue weighted by Crippen LogP contribution is 2.09. The van der Waals surface area contributed by atoms with Crippen molar-refractivity contribution in [1.29, 1.82) is 0 Å². The number of nitrogens with one attached hydrogen (secondary N) is 1. The van der Waals surface area contributed by atoms with Gasteiger partial charge in [-0.3, -0.25) is 0 Å². The lowest BCUT2D eigenvalue weighted by atomic mass is 10.4. The molecule has 0 radical (unpaired) electrons. The number of anilines is 1. The van der Waals surface area contributed by atoms with Crippen molar-refractivity contribution in [1.82, 2.24) is 9.97 Å². The molecule has 4 nitrogen and oxygen atoms in total. The molecule has 1 aromatic rings. The molecule has 0 fully saturated rings. The minimum atomic E-state index is 0.110. The highest BCUT2D eigenvalue weighted by molar-refractivity contribution is 5.27. The van der Waals surface area contributed by atoms with Crippen molar-refractivity contribution in [3.8, 4) is 18.2 Å². The molecule has 0 aliphatic rings. The molecular weight excluding hydrogens is 190 g/mol. The Hall–Kier alpha value is -1.76. The number of terminal acetylenes is 1. The van der Waals surface area contributed by atoms with Crippen molar-refractivity contribution in [2.24, 2.45) is 0 Å². The number of hydrogen-bond donors (Lipinski definition) is 1. The van der Waals surface area contributed by atoms with Crippen LogP contribution in [0.25, 0.3) is 0 Å². The third-order valence-electron chi connectivity index (χ3n) is 1.54. The van der Waals surface area contributed by atoms with Crippen LogP contribution in [-0.4, -0.2) is 22.6 Å². The summed E-state index contributed by atoms with van der Waals surface area (Å²) in [5.41, 5.74) is 0. The summed E-state index contributed by atoms with van der Waals surface area (Å²) < 4.78 is 5.43. The first-order valence-corrected chi connectivity index (χ1v) is 4.89. The largest absolute Gasteiger partial charge is 0.475 e. The summed E-state index contributed by atoms with van der Waals surface area (Å²) in [5, 5.41) is 3.01. The summed E-state index contributed by atoms with van der Waals surface area (Å²) >= 11 is 0. The second-order valence-electron chi connectivity index (χ2n) is 3.27. The van der Waals surface area contributed by atoms with E-state index in [1.807, 2.05) is 13.8 Å². The van der Waals surface area contributed by atoms with Gasteiger partial charge in [0, 0.05) is 25.2 Å². The quantitative estimate of drug-likeness (QED) is 0.587. The smallest absolute Gasteiger partial charge is 0.225 e. The molecule has 0 aliphatic carbocycles. The maximum Gasteiger partial charge on any atom is 0.225 e. The third kappa shape index (κ3) is 4.32. The van der Waals surface area contributed by atoms with Gasteiger partial charge in [-0.15, -0.1) is 12.3 Å². The molecule has 80 valence electrons. The molecule has 0 spiro atoms. The van der Waals surface area contributed by atoms with Crippen molar-refractivity contribution in [2.45, 2.75) is 26.4 Å². The van der Waals surface area contributed by atoms with Crippen LogP contribution in [0.3, 0.4) is 0 Å². The Kier molecular flexibility index (Phi) is 4.42. The predicted molar refractivity (Wildman–Crippen MR) is 59.7 cm³/mol. The second kappa shape index (κ2) is 5.86. The summed E-state index contributed by atoms with van der Waals surface area (Å²) in [6.45, 7) is 4.57. The van der Waals surface area contributed by atoms with Crippen LogP contribution in [0.5, 0.6) is 5.88 Å². The van der Waals surface area contributed by atoms with Crippen LogP contribution in [0.1, 0.15) is 20.3 Å². The minimum absolute atomic E-state index is 0.110. The van der Waals surface area contributed by atoms with E-state index in [-0.39, 0.29) is 6.10 Å². The number of ether oxygens (including phenoxy) is 1. The molecule has 0 bridgehead atoms. The molecule has 1 N–H and O–H groups in total. The summed E-state index contributed by atoms with van der Waals surface area (Å²) in [5.74, 6) is 3.65. The van der Waals surface area contributed by atoms with E-state index in [1.165, 1.54) is 0 Å². The lowest BCUT2D eigenvalue weighted by Crippen LogP contribution is -2.09. The number of nitrogens with zero attached hydrogens (tertiary/aromatic N) is 2. The molecular formula is C11H15N3O. The fraction of sp³-hybridized carbons (Fsp3) is 0.455. The first kappa shape index (κ1) is 11.3. The Morgan fingerprint density at radius 2 is 2.40 bits per heavy atom. The van der Waals surface area contributed by atoms with Crippen molar-refractivity contribution < 1.29 is 4.74 Å². The molecule has 4 heteroatoms. The Bertz CT molecular complexity index is 344. The summed E-state index contributed by atoms with van der Waals surface area (Å²) in [7, 11) is 0. The first-order valence-electron chi connectivity index (χ1n) is 4.89. The van der Waals surface area contributed by atoms with Gasteiger partial charge in [-0.1, -0.05) is 0 Å². The van der Waals surface area contributed by atoms with Crippen molar-refractivity contribution >= 4 is 5.95 Å². The molecule has 0 aromatic carbocycles. The van der Waals surface area contributed by atoms with Gasteiger partial charge in [0.1, 0.15) is 0 Å². The van der Waals surface area contributed by atoms with Crippen LogP contribution in [0, 0.1) is 12.3 Å². The highest BCUT2D eigenvalue weighted by atomic mass is 16.5. The van der Waals surface area contributed by atoms with Crippen LogP contribution in [-0.2, 0) is 0 Å². The Balaban J connectivity index is 2.54. The van der Waals surface area contributed by atoms with E-state index in [1.54, 1.807) is 12.3 Å². The minimum Gasteiger partial charge on any atom is -0.475 e. The maximum absolute atomic E-state index is 5.43. The summed E-state index contributed by atoms with van der Waals surface area (Å²) in [6.07, 6.45) is 7.55. The number of rotatable bonds is 5. The first-order chi connectivity index (χ1) is 7.22. The number of aromatic nitrogens is 2. The van der Waals surface area contributed by atoms with E-state index in [9.17, 15) is 0 Å². The molecule has 0 atom stereocenters. The zero-order chi connectivity index (χ0) is 11.1. The zero-order valence-corrected chi connectivity index (χ0v) is 9.03. The fourth-order valence-corrected chi connectivity index (χ4v) is 0.981. The summed E-state index contributed by atoms with van der Waals surface area (Å²) in [6, 6.07) is 1.73. The molecule has 1 aromatic heterocycles. The second-order valence-corrected chi connectivity index (χ2v) is 3.27. The summed E-state index contributed by atoms with van der Waals surface area (Å²) in [4.78, 5) is 8.22. The molecule has 15 heavy (non-hydrogen) atoms. The highest BCUT2D eigenvalue weighted by Gasteiger charge is 2.01. The van der Waals surface area contributed by atoms with E-state index in [4.69, 9.17) is 11.2 Å².